The Morgan fingerprint density at radius 3 is 2.11 bits per heavy atom. The first-order chi connectivity index (χ1) is 7.86. The molecule has 0 aliphatic rings. The van der Waals surface area contributed by atoms with Gasteiger partial charge in [0.2, 0.25) is 0 Å². The third kappa shape index (κ3) is 4.31. The average molecular weight is 272 g/mol. The third-order valence-electron chi connectivity index (χ3n) is 2.57. The number of carbonyl (C=O) groups excluding carboxylic acids is 1. The van der Waals surface area contributed by atoms with Crippen LogP contribution in [0.4, 0.5) is 0 Å². The van der Waals surface area contributed by atoms with E-state index in [1.165, 1.54) is 0 Å². The van der Waals surface area contributed by atoms with Crippen LogP contribution < -0.4 is 10.1 Å². The summed E-state index contributed by atoms with van der Waals surface area (Å²) in [5.74, 6) is 0.852. The standard InChI is InChI=1S/C14H21NO2.ClH/c1-10(2)15-14(3,4)13(16)11-6-8-12(17-5)9-7-11;/h6-10,15H,1-5H3;1H. The van der Waals surface area contributed by atoms with Gasteiger partial charge in [-0.05, 0) is 52.0 Å². The van der Waals surface area contributed by atoms with Crippen molar-refractivity contribution in [2.75, 3.05) is 7.11 Å². The van der Waals surface area contributed by atoms with Crippen LogP contribution in [-0.4, -0.2) is 24.5 Å². The molecule has 0 heterocycles. The molecule has 0 spiro atoms. The molecule has 0 atom stereocenters. The molecule has 18 heavy (non-hydrogen) atoms. The lowest BCUT2D eigenvalue weighted by Crippen LogP contribution is -2.49. The molecular weight excluding hydrogens is 250 g/mol. The van der Waals surface area contributed by atoms with E-state index < -0.39 is 5.54 Å². The van der Waals surface area contributed by atoms with Crippen LogP contribution in [0, 0.1) is 0 Å². The number of rotatable bonds is 5. The van der Waals surface area contributed by atoms with Crippen LogP contribution in [0.1, 0.15) is 38.1 Å². The van der Waals surface area contributed by atoms with Crippen molar-refractivity contribution in [1.82, 2.24) is 5.32 Å². The predicted octanol–water partition coefficient (Wildman–Crippen LogP) is 3.08. The summed E-state index contributed by atoms with van der Waals surface area (Å²) in [7, 11) is 1.61. The van der Waals surface area contributed by atoms with Gasteiger partial charge in [0.15, 0.2) is 5.78 Å². The summed E-state index contributed by atoms with van der Waals surface area (Å²) in [6, 6.07) is 7.47. The maximum atomic E-state index is 12.3. The lowest BCUT2D eigenvalue weighted by molar-refractivity contribution is 0.0874. The molecule has 1 aromatic carbocycles. The largest absolute Gasteiger partial charge is 0.497 e. The SMILES string of the molecule is COc1ccc(C(=O)C(C)(C)NC(C)C)cc1.Cl. The zero-order valence-electron chi connectivity index (χ0n) is 11.6. The molecule has 102 valence electrons. The van der Waals surface area contributed by atoms with Gasteiger partial charge in [-0.25, -0.2) is 0 Å². The van der Waals surface area contributed by atoms with Crippen LogP contribution in [0.2, 0.25) is 0 Å². The molecule has 0 amide bonds. The minimum Gasteiger partial charge on any atom is -0.497 e. The van der Waals surface area contributed by atoms with Crippen LogP contribution in [0.5, 0.6) is 5.75 Å². The lowest BCUT2D eigenvalue weighted by atomic mass is 9.92. The van der Waals surface area contributed by atoms with Crippen LogP contribution in [0.3, 0.4) is 0 Å². The highest BCUT2D eigenvalue weighted by molar-refractivity contribution is 6.02. The Morgan fingerprint density at radius 2 is 1.72 bits per heavy atom. The van der Waals surface area contributed by atoms with Gasteiger partial charge < -0.3 is 10.1 Å². The van der Waals surface area contributed by atoms with E-state index in [1.807, 2.05) is 27.7 Å². The fraction of sp³-hybridized carbons (Fsp3) is 0.500. The van der Waals surface area contributed by atoms with Gasteiger partial charge in [0.25, 0.3) is 0 Å². The fourth-order valence-electron chi connectivity index (χ4n) is 1.89. The number of hydrogen-bond donors (Lipinski definition) is 1. The zero-order valence-corrected chi connectivity index (χ0v) is 12.4. The van der Waals surface area contributed by atoms with E-state index in [0.29, 0.717) is 5.56 Å². The van der Waals surface area contributed by atoms with Crippen molar-refractivity contribution >= 4 is 18.2 Å². The van der Waals surface area contributed by atoms with Gasteiger partial charge in [-0.3, -0.25) is 4.79 Å². The minimum absolute atomic E-state index is 0. The lowest BCUT2D eigenvalue weighted by Gasteiger charge is -2.27. The molecule has 0 aromatic heterocycles. The first-order valence-corrected chi connectivity index (χ1v) is 5.83. The Hall–Kier alpha value is -1.06. The summed E-state index contributed by atoms with van der Waals surface area (Å²) in [6.45, 7) is 7.87. The van der Waals surface area contributed by atoms with Crippen LogP contribution in [0.15, 0.2) is 24.3 Å². The monoisotopic (exact) mass is 271 g/mol. The van der Waals surface area contributed by atoms with Gasteiger partial charge >= 0.3 is 0 Å². The first kappa shape index (κ1) is 16.9. The Morgan fingerprint density at radius 1 is 1.22 bits per heavy atom. The van der Waals surface area contributed by atoms with Crippen LogP contribution >= 0.6 is 12.4 Å². The van der Waals surface area contributed by atoms with Crippen molar-refractivity contribution in [3.63, 3.8) is 0 Å². The zero-order chi connectivity index (χ0) is 13.1. The number of methoxy groups -OCH3 is 1. The minimum atomic E-state index is -0.553. The van der Waals surface area contributed by atoms with Crippen molar-refractivity contribution in [3.05, 3.63) is 29.8 Å². The number of hydrogen-bond acceptors (Lipinski definition) is 3. The highest BCUT2D eigenvalue weighted by Crippen LogP contribution is 2.17. The Kier molecular flexibility index (Phi) is 6.36. The maximum absolute atomic E-state index is 12.3. The molecule has 1 rings (SSSR count). The predicted molar refractivity (Wildman–Crippen MR) is 76.9 cm³/mol. The van der Waals surface area contributed by atoms with Crippen LogP contribution in [-0.2, 0) is 0 Å². The molecule has 4 heteroatoms. The van der Waals surface area contributed by atoms with Crippen molar-refractivity contribution in [3.8, 4) is 5.75 Å². The number of nitrogens with one attached hydrogen (secondary N) is 1. The van der Waals surface area contributed by atoms with Gasteiger partial charge in [-0.2, -0.15) is 0 Å². The third-order valence-corrected chi connectivity index (χ3v) is 2.57. The van der Waals surface area contributed by atoms with Crippen molar-refractivity contribution < 1.29 is 9.53 Å². The van der Waals surface area contributed by atoms with E-state index in [9.17, 15) is 4.79 Å². The quantitative estimate of drug-likeness (QED) is 0.837. The summed E-state index contributed by atoms with van der Waals surface area (Å²) < 4.78 is 5.07. The van der Waals surface area contributed by atoms with Crippen molar-refractivity contribution in [1.29, 1.82) is 0 Å². The summed E-state index contributed by atoms with van der Waals surface area (Å²) >= 11 is 0. The van der Waals surface area contributed by atoms with Crippen molar-refractivity contribution in [2.45, 2.75) is 39.3 Å². The highest BCUT2D eigenvalue weighted by atomic mass is 35.5. The van der Waals surface area contributed by atoms with E-state index in [1.54, 1.807) is 31.4 Å². The summed E-state index contributed by atoms with van der Waals surface area (Å²) in [4.78, 5) is 12.3. The Balaban J connectivity index is 0.00000289. The molecular formula is C14H22ClNO2. The molecule has 0 bridgehead atoms. The molecule has 3 nitrogen and oxygen atoms in total. The molecule has 0 unspecified atom stereocenters. The summed E-state index contributed by atoms with van der Waals surface area (Å²) in [6.07, 6.45) is 0. The van der Waals surface area contributed by atoms with E-state index >= 15 is 0 Å². The number of ether oxygens (including phenoxy) is 1. The topological polar surface area (TPSA) is 38.3 Å². The number of halogens is 1. The van der Waals surface area contributed by atoms with Crippen LogP contribution in [0.25, 0.3) is 0 Å². The number of Topliss-reactive ketones (excluding diaryl/α,β-unsaturated/α-hetero) is 1. The number of carbonyl (C=O) groups is 1. The van der Waals surface area contributed by atoms with E-state index in [0.717, 1.165) is 5.75 Å². The smallest absolute Gasteiger partial charge is 0.182 e. The van der Waals surface area contributed by atoms with Crippen molar-refractivity contribution in [2.24, 2.45) is 0 Å². The fourth-order valence-corrected chi connectivity index (χ4v) is 1.89. The Labute approximate surface area is 115 Å². The second-order valence-corrected chi connectivity index (χ2v) is 4.98. The van der Waals surface area contributed by atoms with E-state index in [2.05, 4.69) is 5.32 Å². The first-order valence-electron chi connectivity index (χ1n) is 5.83. The van der Waals surface area contributed by atoms with Gasteiger partial charge in [-0.1, -0.05) is 0 Å². The van der Waals surface area contributed by atoms with E-state index in [-0.39, 0.29) is 24.2 Å². The van der Waals surface area contributed by atoms with Gasteiger partial charge in [0, 0.05) is 11.6 Å². The molecule has 0 radical (unpaired) electrons. The second-order valence-electron chi connectivity index (χ2n) is 4.98. The molecule has 0 aliphatic carbocycles. The molecule has 0 fully saturated rings. The number of benzene rings is 1. The summed E-state index contributed by atoms with van der Waals surface area (Å²) in [5.41, 5.74) is 0.145. The van der Waals surface area contributed by atoms with Gasteiger partial charge in [0.1, 0.15) is 5.75 Å². The number of ketones is 1. The summed E-state index contributed by atoms with van der Waals surface area (Å²) in [5, 5.41) is 3.27. The highest BCUT2D eigenvalue weighted by Gasteiger charge is 2.28. The molecule has 1 aromatic rings. The molecule has 0 saturated heterocycles. The molecule has 1 N–H and O–H groups in total. The Bertz CT molecular complexity index is 385. The molecule has 0 aliphatic heterocycles. The second kappa shape index (κ2) is 6.76. The maximum Gasteiger partial charge on any atom is 0.182 e. The molecule has 0 saturated carbocycles. The van der Waals surface area contributed by atoms with E-state index in [4.69, 9.17) is 4.74 Å². The van der Waals surface area contributed by atoms with Gasteiger partial charge in [-0.15, -0.1) is 12.4 Å². The normalized spacial score (nSPS) is 11.0. The van der Waals surface area contributed by atoms with Gasteiger partial charge in [0.05, 0.1) is 12.6 Å². The average Bonchev–Trinajstić information content (AvgIpc) is 2.26.